The highest BCUT2D eigenvalue weighted by molar-refractivity contribution is 5.84. The molecule has 1 saturated heterocycles. The molecule has 1 aliphatic rings. The van der Waals surface area contributed by atoms with Gasteiger partial charge in [-0.05, 0) is 33.6 Å². The van der Waals surface area contributed by atoms with Gasteiger partial charge in [0.05, 0.1) is 6.61 Å². The third kappa shape index (κ3) is 4.47. The average molecular weight is 284 g/mol. The molecule has 0 aromatic heterocycles. The van der Waals surface area contributed by atoms with Crippen LogP contribution in [-0.2, 0) is 14.3 Å². The number of hydrogen-bond acceptors (Lipinski definition) is 3. The lowest BCUT2D eigenvalue weighted by Gasteiger charge is -2.13. The molecule has 0 unspecified atom stereocenters. The second-order valence-corrected chi connectivity index (χ2v) is 6.38. The highest BCUT2D eigenvalue weighted by atomic mass is 16.7. The maximum atomic E-state index is 12.0. The first-order valence-corrected chi connectivity index (χ1v) is 8.37. The van der Waals surface area contributed by atoms with Crippen molar-refractivity contribution in [1.82, 2.24) is 0 Å². The van der Waals surface area contributed by atoms with Crippen LogP contribution in [0.25, 0.3) is 0 Å². The molecule has 0 bridgehead atoms. The number of esters is 1. The molecular formula is C17H32O3. The summed E-state index contributed by atoms with van der Waals surface area (Å²) in [6.07, 6.45) is 11.0. The van der Waals surface area contributed by atoms with Gasteiger partial charge in [0.2, 0.25) is 0 Å². The lowest BCUT2D eigenvalue weighted by Crippen LogP contribution is -2.33. The predicted octanol–water partition coefficient (Wildman–Crippen LogP) is 4.63. The Morgan fingerprint density at radius 2 is 1.45 bits per heavy atom. The first-order valence-electron chi connectivity index (χ1n) is 8.37. The van der Waals surface area contributed by atoms with Gasteiger partial charge in [-0.3, -0.25) is 0 Å². The molecule has 3 heteroatoms. The molecule has 1 heterocycles. The zero-order chi connectivity index (χ0) is 15.1. The highest BCUT2D eigenvalue weighted by Crippen LogP contribution is 2.51. The topological polar surface area (TPSA) is 38.8 Å². The van der Waals surface area contributed by atoms with E-state index in [0.29, 0.717) is 6.61 Å². The van der Waals surface area contributed by atoms with E-state index >= 15 is 0 Å². The maximum absolute atomic E-state index is 12.0. The first-order chi connectivity index (χ1) is 9.50. The van der Waals surface area contributed by atoms with Crippen molar-refractivity contribution in [3.05, 3.63) is 0 Å². The molecule has 0 saturated carbocycles. The number of ether oxygens (including phenoxy) is 2. The monoisotopic (exact) mass is 284 g/mol. The van der Waals surface area contributed by atoms with Gasteiger partial charge in [0.15, 0.2) is 5.60 Å². The quantitative estimate of drug-likeness (QED) is 0.315. The smallest absolute Gasteiger partial charge is 0.341 e. The molecule has 118 valence electrons. The molecule has 0 aliphatic carbocycles. The minimum absolute atomic E-state index is 0.173. The summed E-state index contributed by atoms with van der Waals surface area (Å²) in [6, 6.07) is 0. The molecule has 1 fully saturated rings. The molecule has 0 amide bonds. The normalized spacial score (nSPS) is 23.6. The van der Waals surface area contributed by atoms with Gasteiger partial charge >= 0.3 is 5.97 Å². The fourth-order valence-corrected chi connectivity index (χ4v) is 2.91. The molecule has 20 heavy (non-hydrogen) atoms. The van der Waals surface area contributed by atoms with Crippen molar-refractivity contribution in [2.75, 3.05) is 6.61 Å². The third-order valence-electron chi connectivity index (χ3n) is 4.35. The van der Waals surface area contributed by atoms with Crippen LogP contribution in [0.4, 0.5) is 0 Å². The molecule has 3 nitrogen and oxygen atoms in total. The molecule has 0 aromatic rings. The van der Waals surface area contributed by atoms with Crippen LogP contribution in [0.3, 0.4) is 0 Å². The summed E-state index contributed by atoms with van der Waals surface area (Å²) in [6.45, 7) is 8.48. The minimum atomic E-state index is -0.661. The number of unbranched alkanes of at least 4 members (excludes halogenated alkanes) is 7. The Morgan fingerprint density at radius 1 is 0.950 bits per heavy atom. The Hall–Kier alpha value is -0.570. The molecule has 0 N–H and O–H groups in total. The van der Waals surface area contributed by atoms with Crippen molar-refractivity contribution in [3.8, 4) is 0 Å². The van der Waals surface area contributed by atoms with Gasteiger partial charge in [0, 0.05) is 0 Å². The fraction of sp³-hybridized carbons (Fsp3) is 0.941. The molecule has 1 rings (SSSR count). The number of rotatable bonds is 11. The molecular weight excluding hydrogens is 252 g/mol. The van der Waals surface area contributed by atoms with Crippen LogP contribution >= 0.6 is 0 Å². The van der Waals surface area contributed by atoms with E-state index < -0.39 is 5.60 Å². The van der Waals surface area contributed by atoms with Crippen molar-refractivity contribution in [1.29, 1.82) is 0 Å². The van der Waals surface area contributed by atoms with Crippen molar-refractivity contribution in [3.63, 3.8) is 0 Å². The molecule has 1 aliphatic heterocycles. The van der Waals surface area contributed by atoms with Crippen molar-refractivity contribution < 1.29 is 14.3 Å². The third-order valence-corrected chi connectivity index (χ3v) is 4.35. The van der Waals surface area contributed by atoms with Crippen LogP contribution in [0.1, 0.15) is 85.5 Å². The van der Waals surface area contributed by atoms with Crippen LogP contribution < -0.4 is 0 Å². The van der Waals surface area contributed by atoms with Crippen LogP contribution in [0.15, 0.2) is 0 Å². The van der Waals surface area contributed by atoms with Gasteiger partial charge < -0.3 is 9.47 Å². The summed E-state index contributed by atoms with van der Waals surface area (Å²) in [4.78, 5) is 12.0. The SMILES string of the molecule is CCCCCCCCCC[C@]1(C(=O)OCC)OC1(C)C. The standard InChI is InChI=1S/C17H32O3/c1-5-7-8-9-10-11-12-13-14-17(15(18)19-6-2)16(3,4)20-17/h5-14H2,1-4H3/t17-/m1/s1. The van der Waals surface area contributed by atoms with Crippen molar-refractivity contribution in [2.24, 2.45) is 0 Å². The Labute approximate surface area is 124 Å². The summed E-state index contributed by atoms with van der Waals surface area (Å²) in [5.41, 5.74) is -1.01. The highest BCUT2D eigenvalue weighted by Gasteiger charge is 2.69. The Kier molecular flexibility index (Phi) is 7.01. The number of carbonyl (C=O) groups excluding carboxylic acids is 1. The lowest BCUT2D eigenvalue weighted by molar-refractivity contribution is -0.149. The van der Waals surface area contributed by atoms with Gasteiger partial charge in [-0.2, -0.15) is 0 Å². The van der Waals surface area contributed by atoms with Crippen LogP contribution in [-0.4, -0.2) is 23.8 Å². The average Bonchev–Trinajstić information content (AvgIpc) is 2.96. The number of epoxide rings is 1. The van der Waals surface area contributed by atoms with E-state index in [9.17, 15) is 4.79 Å². The van der Waals surface area contributed by atoms with E-state index in [1.54, 1.807) is 0 Å². The van der Waals surface area contributed by atoms with Crippen molar-refractivity contribution in [2.45, 2.75) is 96.7 Å². The van der Waals surface area contributed by atoms with Crippen LogP contribution in [0.2, 0.25) is 0 Å². The lowest BCUT2D eigenvalue weighted by atomic mass is 9.90. The van der Waals surface area contributed by atoms with E-state index in [1.165, 1.54) is 44.9 Å². The Morgan fingerprint density at radius 3 is 1.90 bits per heavy atom. The molecule has 0 aromatic carbocycles. The summed E-state index contributed by atoms with van der Waals surface area (Å²) in [5, 5.41) is 0. The van der Waals surface area contributed by atoms with Gasteiger partial charge in [0.1, 0.15) is 5.60 Å². The van der Waals surface area contributed by atoms with E-state index in [1.807, 2.05) is 20.8 Å². The van der Waals surface area contributed by atoms with Gasteiger partial charge in [-0.1, -0.05) is 51.9 Å². The van der Waals surface area contributed by atoms with E-state index in [0.717, 1.165) is 12.8 Å². The summed E-state index contributed by atoms with van der Waals surface area (Å²) in [5.74, 6) is -0.173. The van der Waals surface area contributed by atoms with Crippen LogP contribution in [0.5, 0.6) is 0 Å². The Balaban J connectivity index is 2.17. The summed E-state index contributed by atoms with van der Waals surface area (Å²) < 4.78 is 10.9. The summed E-state index contributed by atoms with van der Waals surface area (Å²) in [7, 11) is 0. The van der Waals surface area contributed by atoms with Crippen LogP contribution in [0, 0.1) is 0 Å². The maximum Gasteiger partial charge on any atom is 0.341 e. The fourth-order valence-electron chi connectivity index (χ4n) is 2.91. The largest absolute Gasteiger partial charge is 0.464 e. The van der Waals surface area contributed by atoms with E-state index in [2.05, 4.69) is 6.92 Å². The second kappa shape index (κ2) is 8.02. The van der Waals surface area contributed by atoms with Crippen molar-refractivity contribution >= 4 is 5.97 Å². The summed E-state index contributed by atoms with van der Waals surface area (Å²) >= 11 is 0. The predicted molar refractivity (Wildman–Crippen MR) is 81.8 cm³/mol. The molecule has 0 radical (unpaired) electrons. The molecule has 1 atom stereocenters. The zero-order valence-electron chi connectivity index (χ0n) is 13.8. The Bertz CT molecular complexity index is 299. The zero-order valence-corrected chi connectivity index (χ0v) is 13.8. The molecule has 0 spiro atoms. The second-order valence-electron chi connectivity index (χ2n) is 6.38. The van der Waals surface area contributed by atoms with Gasteiger partial charge in [-0.25, -0.2) is 4.79 Å². The van der Waals surface area contributed by atoms with Gasteiger partial charge in [-0.15, -0.1) is 0 Å². The van der Waals surface area contributed by atoms with E-state index in [4.69, 9.17) is 9.47 Å². The first kappa shape index (κ1) is 17.5. The van der Waals surface area contributed by atoms with Gasteiger partial charge in [0.25, 0.3) is 0 Å². The minimum Gasteiger partial charge on any atom is -0.464 e. The number of carbonyl (C=O) groups is 1. The number of hydrogen-bond donors (Lipinski definition) is 0. The van der Waals surface area contributed by atoms with E-state index in [-0.39, 0.29) is 11.6 Å².